The number of nitrogens with zero attached hydrogens (tertiary/aromatic N) is 2. The molecule has 1 heterocycles. The first-order valence-corrected chi connectivity index (χ1v) is 7.14. The second-order valence-corrected chi connectivity index (χ2v) is 5.56. The Hall–Kier alpha value is -1.79. The van der Waals surface area contributed by atoms with Gasteiger partial charge in [-0.05, 0) is 43.3 Å². The van der Waals surface area contributed by atoms with Crippen LogP contribution in [-0.2, 0) is 0 Å². The molecule has 1 atom stereocenters. The first-order valence-electron chi connectivity index (χ1n) is 6.36. The molecule has 2 rings (SSSR count). The van der Waals surface area contributed by atoms with Gasteiger partial charge in [0, 0.05) is 12.6 Å². The molecular formula is C14H20N4OS. The highest BCUT2D eigenvalue weighted by molar-refractivity contribution is 7.10. The summed E-state index contributed by atoms with van der Waals surface area (Å²) in [6.07, 6.45) is 0. The number of hydrogen-bond donors (Lipinski definition) is 2. The summed E-state index contributed by atoms with van der Waals surface area (Å²) in [5, 5.41) is 4.36. The fourth-order valence-electron chi connectivity index (χ4n) is 2.02. The van der Waals surface area contributed by atoms with Crippen molar-refractivity contribution < 1.29 is 4.74 Å². The van der Waals surface area contributed by atoms with Gasteiger partial charge in [-0.25, -0.2) is 0 Å². The largest absolute Gasteiger partial charge is 0.497 e. The Balaban J connectivity index is 2.10. The summed E-state index contributed by atoms with van der Waals surface area (Å²) < 4.78 is 9.35. The Morgan fingerprint density at radius 2 is 2.20 bits per heavy atom. The van der Waals surface area contributed by atoms with E-state index in [-0.39, 0.29) is 6.04 Å². The van der Waals surface area contributed by atoms with Gasteiger partial charge in [0.1, 0.15) is 16.6 Å². The Bertz CT molecular complexity index is 556. The van der Waals surface area contributed by atoms with E-state index >= 15 is 0 Å². The summed E-state index contributed by atoms with van der Waals surface area (Å²) in [6, 6.07) is 10.2. The van der Waals surface area contributed by atoms with E-state index in [1.807, 2.05) is 18.2 Å². The van der Waals surface area contributed by atoms with Crippen LogP contribution in [0.1, 0.15) is 11.6 Å². The van der Waals surface area contributed by atoms with E-state index in [2.05, 4.69) is 40.8 Å². The lowest BCUT2D eigenvalue weighted by Gasteiger charge is -2.25. The number of anilines is 2. The average molecular weight is 292 g/mol. The third-order valence-electron chi connectivity index (χ3n) is 3.10. The molecule has 0 saturated heterocycles. The van der Waals surface area contributed by atoms with Crippen LogP contribution in [0.4, 0.5) is 10.8 Å². The Morgan fingerprint density at radius 1 is 1.40 bits per heavy atom. The molecule has 0 aliphatic carbocycles. The number of nitrogens with two attached hydrogens (primary N) is 1. The average Bonchev–Trinajstić information content (AvgIpc) is 2.84. The molecule has 2 aromatic rings. The molecular weight excluding hydrogens is 272 g/mol. The molecule has 108 valence electrons. The van der Waals surface area contributed by atoms with Crippen LogP contribution in [0.15, 0.2) is 30.3 Å². The van der Waals surface area contributed by atoms with E-state index in [1.165, 1.54) is 17.1 Å². The van der Waals surface area contributed by atoms with Crippen molar-refractivity contribution in [1.82, 2.24) is 9.27 Å². The third kappa shape index (κ3) is 3.61. The highest BCUT2D eigenvalue weighted by Crippen LogP contribution is 2.24. The lowest BCUT2D eigenvalue weighted by atomic mass is 10.1. The van der Waals surface area contributed by atoms with Gasteiger partial charge in [-0.1, -0.05) is 12.1 Å². The molecule has 0 fully saturated rings. The van der Waals surface area contributed by atoms with E-state index in [0.29, 0.717) is 5.82 Å². The molecule has 3 N–H and O–H groups in total. The monoisotopic (exact) mass is 292 g/mol. The summed E-state index contributed by atoms with van der Waals surface area (Å²) in [4.78, 5) is 2.17. The highest BCUT2D eigenvalue weighted by Gasteiger charge is 2.15. The molecule has 0 aliphatic heterocycles. The lowest BCUT2D eigenvalue weighted by molar-refractivity contribution is 0.310. The minimum Gasteiger partial charge on any atom is -0.497 e. The Labute approximate surface area is 123 Å². The molecule has 0 amide bonds. The van der Waals surface area contributed by atoms with Gasteiger partial charge >= 0.3 is 0 Å². The number of ether oxygens (including phenoxy) is 1. The Kier molecular flexibility index (Phi) is 4.81. The molecule has 0 aliphatic rings. The normalized spacial score (nSPS) is 12.4. The second-order valence-electron chi connectivity index (χ2n) is 4.75. The van der Waals surface area contributed by atoms with Crippen LogP contribution >= 0.6 is 11.5 Å². The predicted octanol–water partition coefficient (Wildman–Crippen LogP) is 2.45. The topological polar surface area (TPSA) is 63.4 Å². The maximum Gasteiger partial charge on any atom is 0.139 e. The van der Waals surface area contributed by atoms with Crippen molar-refractivity contribution in [2.75, 3.05) is 38.8 Å². The summed E-state index contributed by atoms with van der Waals surface area (Å²) in [6.45, 7) is 0.780. The predicted molar refractivity (Wildman–Crippen MR) is 84.4 cm³/mol. The van der Waals surface area contributed by atoms with Crippen LogP contribution in [0, 0.1) is 0 Å². The molecule has 0 radical (unpaired) electrons. The van der Waals surface area contributed by atoms with E-state index < -0.39 is 0 Å². The minimum absolute atomic E-state index is 0.244. The molecule has 0 saturated carbocycles. The molecule has 1 unspecified atom stereocenters. The number of hydrogen-bond acceptors (Lipinski definition) is 6. The second kappa shape index (κ2) is 6.58. The third-order valence-corrected chi connectivity index (χ3v) is 3.86. The maximum atomic E-state index is 5.63. The van der Waals surface area contributed by atoms with Gasteiger partial charge in [-0.2, -0.15) is 4.37 Å². The number of nitrogens with one attached hydrogen (secondary N) is 1. The van der Waals surface area contributed by atoms with Crippen molar-refractivity contribution in [3.8, 4) is 5.75 Å². The molecule has 1 aromatic heterocycles. The van der Waals surface area contributed by atoms with Gasteiger partial charge in [0.2, 0.25) is 0 Å². The van der Waals surface area contributed by atoms with Crippen molar-refractivity contribution in [3.05, 3.63) is 35.9 Å². The summed E-state index contributed by atoms with van der Waals surface area (Å²) in [7, 11) is 5.81. The zero-order valence-electron chi connectivity index (χ0n) is 12.0. The molecule has 0 spiro atoms. The Morgan fingerprint density at radius 3 is 2.80 bits per heavy atom. The highest BCUT2D eigenvalue weighted by atomic mass is 32.1. The van der Waals surface area contributed by atoms with Crippen molar-refractivity contribution in [3.63, 3.8) is 0 Å². The first kappa shape index (κ1) is 14.6. The zero-order chi connectivity index (χ0) is 14.5. The molecule has 6 heteroatoms. The number of nitrogen functional groups attached to an aromatic ring is 1. The van der Waals surface area contributed by atoms with Gasteiger partial charge in [0.25, 0.3) is 0 Å². The van der Waals surface area contributed by atoms with Crippen LogP contribution in [0.25, 0.3) is 0 Å². The molecule has 0 bridgehead atoms. The lowest BCUT2D eigenvalue weighted by Crippen LogP contribution is -2.26. The van der Waals surface area contributed by atoms with E-state index in [4.69, 9.17) is 10.5 Å². The van der Waals surface area contributed by atoms with Crippen molar-refractivity contribution in [2.45, 2.75) is 6.04 Å². The van der Waals surface area contributed by atoms with Crippen molar-refractivity contribution >= 4 is 22.4 Å². The van der Waals surface area contributed by atoms with E-state index in [0.717, 1.165) is 17.3 Å². The maximum absolute atomic E-state index is 5.63. The van der Waals surface area contributed by atoms with Crippen LogP contribution in [0.2, 0.25) is 0 Å². The number of rotatable bonds is 6. The summed E-state index contributed by atoms with van der Waals surface area (Å²) in [5.41, 5.74) is 6.83. The summed E-state index contributed by atoms with van der Waals surface area (Å²) in [5.74, 6) is 1.43. The van der Waals surface area contributed by atoms with Gasteiger partial charge in [-0.15, -0.1) is 0 Å². The SMILES string of the molecule is COc1cccc(C(CNc2cc(N)ns2)N(C)C)c1. The van der Waals surface area contributed by atoms with Gasteiger partial charge < -0.3 is 20.7 Å². The molecule has 20 heavy (non-hydrogen) atoms. The fraction of sp³-hybridized carbons (Fsp3) is 0.357. The fourth-order valence-corrected chi connectivity index (χ4v) is 2.59. The van der Waals surface area contributed by atoms with Gasteiger partial charge in [0.15, 0.2) is 0 Å². The quantitative estimate of drug-likeness (QED) is 0.856. The van der Waals surface area contributed by atoms with E-state index in [1.54, 1.807) is 7.11 Å². The van der Waals surface area contributed by atoms with Crippen LogP contribution < -0.4 is 15.8 Å². The zero-order valence-corrected chi connectivity index (χ0v) is 12.8. The molecule has 5 nitrogen and oxygen atoms in total. The number of methoxy groups -OCH3 is 1. The number of benzene rings is 1. The number of aromatic nitrogens is 1. The summed E-state index contributed by atoms with van der Waals surface area (Å²) >= 11 is 1.38. The minimum atomic E-state index is 0.244. The van der Waals surface area contributed by atoms with Gasteiger partial charge in [-0.3, -0.25) is 0 Å². The first-order chi connectivity index (χ1) is 9.60. The van der Waals surface area contributed by atoms with Crippen LogP contribution in [-0.4, -0.2) is 37.0 Å². The van der Waals surface area contributed by atoms with Crippen LogP contribution in [0.3, 0.4) is 0 Å². The number of likely N-dealkylation sites (N-methyl/N-ethyl adjacent to an activating group) is 1. The smallest absolute Gasteiger partial charge is 0.139 e. The van der Waals surface area contributed by atoms with E-state index in [9.17, 15) is 0 Å². The van der Waals surface area contributed by atoms with Gasteiger partial charge in [0.05, 0.1) is 13.2 Å². The van der Waals surface area contributed by atoms with Crippen molar-refractivity contribution in [2.24, 2.45) is 0 Å². The van der Waals surface area contributed by atoms with Crippen molar-refractivity contribution in [1.29, 1.82) is 0 Å². The standard InChI is InChI=1S/C14H20N4OS/c1-18(2)12(9-16-14-8-13(15)17-20-14)10-5-4-6-11(7-10)19-3/h4-8,12,16H,9H2,1-3H3,(H2,15,17). The van der Waals surface area contributed by atoms with Crippen LogP contribution in [0.5, 0.6) is 5.75 Å². The molecule has 1 aromatic carbocycles.